The van der Waals surface area contributed by atoms with Crippen LogP contribution in [0.3, 0.4) is 0 Å². The molecule has 2 rings (SSSR count). The molecule has 0 atom stereocenters. The van der Waals surface area contributed by atoms with Crippen LogP contribution >= 0.6 is 0 Å². The first-order valence-corrected chi connectivity index (χ1v) is 6.25. The molecule has 5 nitrogen and oxygen atoms in total. The van der Waals surface area contributed by atoms with Gasteiger partial charge in [0, 0.05) is 5.69 Å². The number of carbonyl (C=O) groups excluding carboxylic acids is 1. The number of carboxylic acids is 1. The number of carboxylic acid groups (broad SMARTS) is 1. The number of fused-ring (bicyclic) bond motifs is 1. The molecule has 0 aliphatic carbocycles. The molecule has 0 aliphatic heterocycles. The minimum absolute atomic E-state index is 0.0859. The molecule has 106 valence electrons. The summed E-state index contributed by atoms with van der Waals surface area (Å²) in [7, 11) is 0. The van der Waals surface area contributed by atoms with Gasteiger partial charge in [-0.1, -0.05) is 30.2 Å². The fraction of sp³-hybridized carbons (Fsp3) is 0.125. The van der Waals surface area contributed by atoms with E-state index in [-0.39, 0.29) is 12.1 Å². The van der Waals surface area contributed by atoms with E-state index in [1.165, 1.54) is 0 Å². The van der Waals surface area contributed by atoms with Crippen LogP contribution in [-0.4, -0.2) is 35.0 Å². The van der Waals surface area contributed by atoms with Crippen molar-refractivity contribution in [3.63, 3.8) is 0 Å². The zero-order valence-electron chi connectivity index (χ0n) is 11.2. The van der Waals surface area contributed by atoms with Crippen molar-refractivity contribution >= 4 is 28.3 Å². The van der Waals surface area contributed by atoms with Gasteiger partial charge in [-0.2, -0.15) is 0 Å². The zero-order valence-corrected chi connectivity index (χ0v) is 11.2. The number of nitrogen functional groups attached to an aromatic ring is 1. The highest BCUT2D eigenvalue weighted by Gasteiger charge is 2.20. The summed E-state index contributed by atoms with van der Waals surface area (Å²) in [5.41, 5.74) is 6.46. The number of terminal acetylenes is 1. The van der Waals surface area contributed by atoms with E-state index in [4.69, 9.17) is 17.3 Å². The molecule has 3 N–H and O–H groups in total. The lowest BCUT2D eigenvalue weighted by molar-refractivity contribution is -0.137. The molecule has 0 aromatic heterocycles. The van der Waals surface area contributed by atoms with Gasteiger partial charge in [-0.15, -0.1) is 6.42 Å². The van der Waals surface area contributed by atoms with Crippen LogP contribution in [0, 0.1) is 12.3 Å². The van der Waals surface area contributed by atoms with Gasteiger partial charge in [-0.3, -0.25) is 9.59 Å². The molecule has 2 aromatic rings. The molecule has 21 heavy (non-hydrogen) atoms. The van der Waals surface area contributed by atoms with E-state index < -0.39 is 18.4 Å². The van der Waals surface area contributed by atoms with Crippen molar-refractivity contribution in [1.29, 1.82) is 0 Å². The van der Waals surface area contributed by atoms with Crippen molar-refractivity contribution in [2.24, 2.45) is 0 Å². The number of benzene rings is 2. The SMILES string of the molecule is C#CCN(CC(=O)O)C(=O)c1cc2ccccc2cc1N. The second-order valence-corrected chi connectivity index (χ2v) is 4.55. The summed E-state index contributed by atoms with van der Waals surface area (Å²) in [6.07, 6.45) is 5.18. The molecule has 2 aromatic carbocycles. The fourth-order valence-corrected chi connectivity index (χ4v) is 2.09. The van der Waals surface area contributed by atoms with E-state index in [1.807, 2.05) is 24.3 Å². The molecule has 5 heteroatoms. The molecule has 0 saturated carbocycles. The van der Waals surface area contributed by atoms with Crippen LogP contribution in [-0.2, 0) is 4.79 Å². The van der Waals surface area contributed by atoms with Gasteiger partial charge in [0.1, 0.15) is 6.54 Å². The summed E-state index contributed by atoms with van der Waals surface area (Å²) in [6.45, 7) is -0.549. The molecule has 0 unspecified atom stereocenters. The minimum atomic E-state index is -1.13. The summed E-state index contributed by atoms with van der Waals surface area (Å²) in [5, 5.41) is 10.6. The van der Waals surface area contributed by atoms with Crippen molar-refractivity contribution < 1.29 is 14.7 Å². The lowest BCUT2D eigenvalue weighted by Crippen LogP contribution is -2.36. The number of nitrogens with two attached hydrogens (primary N) is 1. The summed E-state index contributed by atoms with van der Waals surface area (Å²) in [6, 6.07) is 10.8. The summed E-state index contributed by atoms with van der Waals surface area (Å²) < 4.78 is 0. The fourth-order valence-electron chi connectivity index (χ4n) is 2.09. The largest absolute Gasteiger partial charge is 0.480 e. The Kier molecular flexibility index (Phi) is 4.10. The lowest BCUT2D eigenvalue weighted by Gasteiger charge is -2.19. The predicted octanol–water partition coefficient (Wildman–Crippen LogP) is 1.58. The number of rotatable bonds is 4. The Balaban J connectivity index is 2.43. The third-order valence-electron chi connectivity index (χ3n) is 3.04. The maximum Gasteiger partial charge on any atom is 0.323 e. The Labute approximate surface area is 122 Å². The number of hydrogen-bond donors (Lipinski definition) is 2. The van der Waals surface area contributed by atoms with Crippen LogP contribution in [0.1, 0.15) is 10.4 Å². The van der Waals surface area contributed by atoms with E-state index in [2.05, 4.69) is 5.92 Å². The normalized spacial score (nSPS) is 10.0. The molecule has 0 spiro atoms. The third-order valence-corrected chi connectivity index (χ3v) is 3.04. The molecular formula is C16H14N2O3. The lowest BCUT2D eigenvalue weighted by atomic mass is 10.0. The Morgan fingerprint density at radius 2 is 1.86 bits per heavy atom. The highest BCUT2D eigenvalue weighted by Crippen LogP contribution is 2.23. The number of hydrogen-bond acceptors (Lipinski definition) is 3. The van der Waals surface area contributed by atoms with E-state index in [1.54, 1.807) is 12.1 Å². The van der Waals surface area contributed by atoms with Gasteiger partial charge < -0.3 is 15.7 Å². The first-order chi connectivity index (χ1) is 10.0. The topological polar surface area (TPSA) is 83.6 Å². The van der Waals surface area contributed by atoms with Gasteiger partial charge in [0.25, 0.3) is 5.91 Å². The van der Waals surface area contributed by atoms with Gasteiger partial charge in [-0.05, 0) is 22.9 Å². The molecule has 0 radical (unpaired) electrons. The van der Waals surface area contributed by atoms with Crippen LogP contribution in [0.15, 0.2) is 36.4 Å². The first kappa shape index (κ1) is 14.4. The van der Waals surface area contributed by atoms with Crippen molar-refractivity contribution in [2.45, 2.75) is 0 Å². The standard InChI is InChI=1S/C16H14N2O3/c1-2-7-18(10-15(19)20)16(21)13-8-11-5-3-4-6-12(11)9-14(13)17/h1,3-6,8-9H,7,10,17H2,(H,19,20). The van der Waals surface area contributed by atoms with Crippen LogP contribution in [0.25, 0.3) is 10.8 Å². The Morgan fingerprint density at radius 3 is 2.43 bits per heavy atom. The van der Waals surface area contributed by atoms with Gasteiger partial charge in [0.2, 0.25) is 0 Å². The van der Waals surface area contributed by atoms with Crippen LogP contribution < -0.4 is 5.73 Å². The number of amides is 1. The second kappa shape index (κ2) is 5.97. The van der Waals surface area contributed by atoms with E-state index >= 15 is 0 Å². The van der Waals surface area contributed by atoms with Gasteiger partial charge in [0.05, 0.1) is 12.1 Å². The molecule has 0 heterocycles. The molecule has 1 amide bonds. The van der Waals surface area contributed by atoms with E-state index in [0.717, 1.165) is 15.7 Å². The number of nitrogens with zero attached hydrogens (tertiary/aromatic N) is 1. The molecular weight excluding hydrogens is 268 g/mol. The number of anilines is 1. The second-order valence-electron chi connectivity index (χ2n) is 4.55. The van der Waals surface area contributed by atoms with Crippen molar-refractivity contribution in [1.82, 2.24) is 4.90 Å². The monoisotopic (exact) mass is 282 g/mol. The maximum atomic E-state index is 12.4. The number of carbonyl (C=O) groups is 2. The van der Waals surface area contributed by atoms with Gasteiger partial charge >= 0.3 is 5.97 Å². The van der Waals surface area contributed by atoms with E-state index in [9.17, 15) is 9.59 Å². The quantitative estimate of drug-likeness (QED) is 0.658. The van der Waals surface area contributed by atoms with Crippen LogP contribution in [0.4, 0.5) is 5.69 Å². The highest BCUT2D eigenvalue weighted by atomic mass is 16.4. The predicted molar refractivity (Wildman–Crippen MR) is 80.7 cm³/mol. The summed E-state index contributed by atoms with van der Waals surface area (Å²) >= 11 is 0. The Bertz CT molecular complexity index is 747. The molecule has 0 bridgehead atoms. The average molecular weight is 282 g/mol. The molecule has 0 saturated heterocycles. The van der Waals surface area contributed by atoms with Crippen LogP contribution in [0.5, 0.6) is 0 Å². The molecule has 0 aliphatic rings. The summed E-state index contributed by atoms with van der Waals surface area (Å²) in [4.78, 5) is 24.3. The average Bonchev–Trinajstić information content (AvgIpc) is 2.45. The highest BCUT2D eigenvalue weighted by molar-refractivity contribution is 6.04. The zero-order chi connectivity index (χ0) is 15.4. The van der Waals surface area contributed by atoms with Gasteiger partial charge in [-0.25, -0.2) is 0 Å². The van der Waals surface area contributed by atoms with Crippen molar-refractivity contribution in [2.75, 3.05) is 18.8 Å². The first-order valence-electron chi connectivity index (χ1n) is 6.25. The maximum absolute atomic E-state index is 12.4. The smallest absolute Gasteiger partial charge is 0.323 e. The van der Waals surface area contributed by atoms with Crippen LogP contribution in [0.2, 0.25) is 0 Å². The number of aliphatic carboxylic acids is 1. The third kappa shape index (κ3) is 3.12. The van der Waals surface area contributed by atoms with E-state index in [0.29, 0.717) is 5.69 Å². The van der Waals surface area contributed by atoms with Crippen molar-refractivity contribution in [3.05, 3.63) is 42.0 Å². The molecule has 0 fully saturated rings. The minimum Gasteiger partial charge on any atom is -0.480 e. The summed E-state index contributed by atoms with van der Waals surface area (Å²) in [5.74, 6) is 0.667. The Morgan fingerprint density at radius 1 is 1.24 bits per heavy atom. The Hall–Kier alpha value is -3.00. The van der Waals surface area contributed by atoms with Gasteiger partial charge in [0.15, 0.2) is 0 Å². The van der Waals surface area contributed by atoms with Crippen molar-refractivity contribution in [3.8, 4) is 12.3 Å².